The summed E-state index contributed by atoms with van der Waals surface area (Å²) in [5.74, 6) is 0. The van der Waals surface area contributed by atoms with Gasteiger partial charge in [0, 0.05) is 4.47 Å². The molecule has 55 valence electrons. The third-order valence-corrected chi connectivity index (χ3v) is 2.18. The molecule has 0 aromatic heterocycles. The molecule has 2 rings (SSSR count). The first kappa shape index (κ1) is 6.85. The SMILES string of the molecule is Cc1cc(Br)c2c(c1)N=C[N]2. The van der Waals surface area contributed by atoms with Crippen LogP contribution in [-0.2, 0) is 0 Å². The minimum absolute atomic E-state index is 0.940. The Morgan fingerprint density at radius 2 is 2.18 bits per heavy atom. The monoisotopic (exact) mass is 209 g/mol. The normalized spacial score (nSPS) is 12.9. The number of hydrogen-bond donors (Lipinski definition) is 0. The minimum atomic E-state index is 0.940. The molecule has 0 bridgehead atoms. The summed E-state index contributed by atoms with van der Waals surface area (Å²) in [7, 11) is 0. The van der Waals surface area contributed by atoms with E-state index in [2.05, 4.69) is 26.2 Å². The van der Waals surface area contributed by atoms with Crippen molar-refractivity contribution in [3.05, 3.63) is 22.2 Å². The molecular formula is C8H6BrN2. The molecule has 2 nitrogen and oxygen atoms in total. The van der Waals surface area contributed by atoms with Gasteiger partial charge in [-0.1, -0.05) is 0 Å². The van der Waals surface area contributed by atoms with Crippen molar-refractivity contribution in [1.82, 2.24) is 5.32 Å². The zero-order valence-electron chi connectivity index (χ0n) is 6.00. The maximum absolute atomic E-state index is 4.10. The lowest BCUT2D eigenvalue weighted by Crippen LogP contribution is -1.86. The molecule has 0 spiro atoms. The Labute approximate surface area is 73.5 Å². The van der Waals surface area contributed by atoms with Crippen molar-refractivity contribution in [3.8, 4) is 0 Å². The highest BCUT2D eigenvalue weighted by Crippen LogP contribution is 2.36. The predicted octanol–water partition coefficient (Wildman–Crippen LogP) is 2.67. The topological polar surface area (TPSA) is 26.5 Å². The molecule has 0 N–H and O–H groups in total. The standard InChI is InChI=1S/C8H6BrN2/c1-5-2-6(9)8-7(3-5)10-4-11-8/h2-4H,1H3. The van der Waals surface area contributed by atoms with Gasteiger partial charge < -0.3 is 0 Å². The van der Waals surface area contributed by atoms with E-state index in [1.165, 1.54) is 5.56 Å². The molecule has 1 heterocycles. The lowest BCUT2D eigenvalue weighted by atomic mass is 10.2. The van der Waals surface area contributed by atoms with Crippen LogP contribution in [0.15, 0.2) is 21.6 Å². The van der Waals surface area contributed by atoms with Crippen LogP contribution >= 0.6 is 15.9 Å². The fourth-order valence-electron chi connectivity index (χ4n) is 1.09. The molecule has 1 aliphatic heterocycles. The second-order valence-corrected chi connectivity index (χ2v) is 3.34. The van der Waals surface area contributed by atoms with Crippen molar-refractivity contribution >= 4 is 33.6 Å². The van der Waals surface area contributed by atoms with Crippen molar-refractivity contribution in [2.45, 2.75) is 6.92 Å². The highest BCUT2D eigenvalue weighted by Gasteiger charge is 2.11. The Bertz CT molecular complexity index is 331. The lowest BCUT2D eigenvalue weighted by Gasteiger charge is -2.00. The lowest BCUT2D eigenvalue weighted by molar-refractivity contribution is 1.32. The first-order chi connectivity index (χ1) is 5.27. The minimum Gasteiger partial charge on any atom is -0.235 e. The molecule has 1 aromatic rings. The largest absolute Gasteiger partial charge is 0.235 e. The number of hydrogen-bond acceptors (Lipinski definition) is 1. The molecule has 0 fully saturated rings. The van der Waals surface area contributed by atoms with E-state index in [-0.39, 0.29) is 0 Å². The molecule has 0 atom stereocenters. The quantitative estimate of drug-likeness (QED) is 0.629. The number of aliphatic imine (C=N–C) groups is 1. The fraction of sp³-hybridized carbons (Fsp3) is 0.125. The summed E-state index contributed by atoms with van der Waals surface area (Å²) in [6.07, 6.45) is 1.58. The molecule has 3 heteroatoms. The van der Waals surface area contributed by atoms with Crippen molar-refractivity contribution < 1.29 is 0 Å². The van der Waals surface area contributed by atoms with Crippen LogP contribution in [0.3, 0.4) is 0 Å². The third kappa shape index (κ3) is 1.05. The highest BCUT2D eigenvalue weighted by molar-refractivity contribution is 9.10. The summed E-state index contributed by atoms with van der Waals surface area (Å²) in [5, 5.41) is 4.10. The van der Waals surface area contributed by atoms with Gasteiger partial charge in [-0.3, -0.25) is 0 Å². The Hall–Kier alpha value is -0.830. The molecule has 0 aliphatic carbocycles. The molecule has 1 aliphatic rings. The number of fused-ring (bicyclic) bond motifs is 1. The Morgan fingerprint density at radius 3 is 3.00 bits per heavy atom. The Morgan fingerprint density at radius 1 is 1.36 bits per heavy atom. The van der Waals surface area contributed by atoms with Crippen molar-refractivity contribution in [1.29, 1.82) is 0 Å². The number of rotatable bonds is 0. The summed E-state index contributed by atoms with van der Waals surface area (Å²) in [4.78, 5) is 4.10. The maximum Gasteiger partial charge on any atom is 0.116 e. The van der Waals surface area contributed by atoms with Gasteiger partial charge in [0.25, 0.3) is 0 Å². The fourth-order valence-corrected chi connectivity index (χ4v) is 1.76. The van der Waals surface area contributed by atoms with E-state index in [9.17, 15) is 0 Å². The number of nitrogens with zero attached hydrogens (tertiary/aromatic N) is 2. The van der Waals surface area contributed by atoms with Gasteiger partial charge in [0.1, 0.15) is 12.0 Å². The van der Waals surface area contributed by atoms with Gasteiger partial charge in [0.15, 0.2) is 0 Å². The second-order valence-electron chi connectivity index (χ2n) is 2.49. The molecule has 0 unspecified atom stereocenters. The van der Waals surface area contributed by atoms with E-state index in [4.69, 9.17) is 0 Å². The van der Waals surface area contributed by atoms with E-state index < -0.39 is 0 Å². The molecule has 0 saturated heterocycles. The predicted molar refractivity (Wildman–Crippen MR) is 48.8 cm³/mol. The van der Waals surface area contributed by atoms with Crippen molar-refractivity contribution in [2.24, 2.45) is 4.99 Å². The Kier molecular flexibility index (Phi) is 1.46. The Balaban J connectivity index is 2.66. The van der Waals surface area contributed by atoms with E-state index >= 15 is 0 Å². The zero-order chi connectivity index (χ0) is 7.84. The number of aryl methyl sites for hydroxylation is 1. The smallest absolute Gasteiger partial charge is 0.116 e. The van der Waals surface area contributed by atoms with Gasteiger partial charge in [-0.15, -0.1) is 0 Å². The van der Waals surface area contributed by atoms with Crippen LogP contribution in [0.4, 0.5) is 11.4 Å². The average molecular weight is 210 g/mol. The maximum atomic E-state index is 4.10. The summed E-state index contributed by atoms with van der Waals surface area (Å²) in [5.41, 5.74) is 3.09. The average Bonchev–Trinajstić information content (AvgIpc) is 2.34. The van der Waals surface area contributed by atoms with Gasteiger partial charge in [-0.25, -0.2) is 10.3 Å². The summed E-state index contributed by atoms with van der Waals surface area (Å²) in [6.45, 7) is 2.04. The highest BCUT2D eigenvalue weighted by atomic mass is 79.9. The van der Waals surface area contributed by atoms with Crippen LogP contribution in [0, 0.1) is 6.92 Å². The molecule has 1 radical (unpaired) electrons. The van der Waals surface area contributed by atoms with E-state index in [1.54, 1.807) is 6.34 Å². The van der Waals surface area contributed by atoms with Crippen LogP contribution in [0.2, 0.25) is 0 Å². The molecule has 11 heavy (non-hydrogen) atoms. The van der Waals surface area contributed by atoms with E-state index in [0.717, 1.165) is 15.8 Å². The van der Waals surface area contributed by atoms with Gasteiger partial charge in [0.05, 0.1) is 5.69 Å². The number of halogens is 1. The zero-order valence-corrected chi connectivity index (χ0v) is 7.59. The van der Waals surface area contributed by atoms with Crippen LogP contribution in [0.25, 0.3) is 0 Å². The van der Waals surface area contributed by atoms with Crippen LogP contribution in [-0.4, -0.2) is 6.34 Å². The van der Waals surface area contributed by atoms with Gasteiger partial charge in [-0.2, -0.15) is 0 Å². The van der Waals surface area contributed by atoms with Crippen molar-refractivity contribution in [2.75, 3.05) is 0 Å². The van der Waals surface area contributed by atoms with Gasteiger partial charge in [0.2, 0.25) is 0 Å². The summed E-state index contributed by atoms with van der Waals surface area (Å²) >= 11 is 3.42. The van der Waals surface area contributed by atoms with Gasteiger partial charge >= 0.3 is 0 Å². The van der Waals surface area contributed by atoms with E-state index in [1.807, 2.05) is 19.1 Å². The number of benzene rings is 1. The summed E-state index contributed by atoms with van der Waals surface area (Å²) in [6, 6.07) is 4.06. The third-order valence-electron chi connectivity index (χ3n) is 1.57. The van der Waals surface area contributed by atoms with Gasteiger partial charge in [-0.05, 0) is 40.5 Å². The van der Waals surface area contributed by atoms with Crippen LogP contribution < -0.4 is 5.32 Å². The molecule has 1 aromatic carbocycles. The first-order valence-electron chi connectivity index (χ1n) is 3.31. The molecule has 0 saturated carbocycles. The van der Waals surface area contributed by atoms with Crippen molar-refractivity contribution in [3.63, 3.8) is 0 Å². The first-order valence-corrected chi connectivity index (χ1v) is 4.10. The molecular weight excluding hydrogens is 204 g/mol. The second kappa shape index (κ2) is 2.34. The van der Waals surface area contributed by atoms with Crippen LogP contribution in [0.1, 0.15) is 5.56 Å². The van der Waals surface area contributed by atoms with Crippen LogP contribution in [0.5, 0.6) is 0 Å². The molecule has 0 amide bonds. The van der Waals surface area contributed by atoms with E-state index in [0.29, 0.717) is 0 Å². The summed E-state index contributed by atoms with van der Waals surface area (Å²) < 4.78 is 1.02.